The van der Waals surface area contributed by atoms with Crippen LogP contribution >= 0.6 is 0 Å². The van der Waals surface area contributed by atoms with Crippen LogP contribution in [0.3, 0.4) is 0 Å². The molecular formula is C25H37N7O2. The molecule has 34 heavy (non-hydrogen) atoms. The lowest BCUT2D eigenvalue weighted by Crippen LogP contribution is -2.52. The second kappa shape index (κ2) is 11.1. The topological polar surface area (TPSA) is 109 Å². The van der Waals surface area contributed by atoms with Crippen LogP contribution in [0.25, 0.3) is 5.69 Å². The van der Waals surface area contributed by atoms with E-state index in [1.807, 2.05) is 19.1 Å². The predicted octanol–water partition coefficient (Wildman–Crippen LogP) is 2.15. The van der Waals surface area contributed by atoms with Gasteiger partial charge in [0.2, 0.25) is 0 Å². The number of nitrogens with zero attached hydrogens (tertiary/aromatic N) is 4. The van der Waals surface area contributed by atoms with Crippen LogP contribution in [0.1, 0.15) is 45.1 Å². The molecule has 184 valence electrons. The summed E-state index contributed by atoms with van der Waals surface area (Å²) in [6, 6.07) is 10.6. The average molecular weight is 468 g/mol. The third kappa shape index (κ3) is 6.02. The smallest absolute Gasteiger partial charge is 0.328 e. The first kappa shape index (κ1) is 24.4. The fraction of sp³-hybridized carbons (Fsp3) is 0.560. The van der Waals surface area contributed by atoms with Crippen molar-refractivity contribution in [2.45, 2.75) is 64.2 Å². The van der Waals surface area contributed by atoms with E-state index in [1.54, 1.807) is 17.2 Å². The highest BCUT2D eigenvalue weighted by atomic mass is 16.2. The number of nitrogens with two attached hydrogens (primary N) is 1. The molecule has 1 saturated heterocycles. The number of nitrogens with one attached hydrogen (secondary N) is 2. The van der Waals surface area contributed by atoms with E-state index < -0.39 is 5.69 Å². The number of benzene rings is 1. The van der Waals surface area contributed by atoms with Crippen LogP contribution in [0.5, 0.6) is 0 Å². The first-order valence-electron chi connectivity index (χ1n) is 12.4. The van der Waals surface area contributed by atoms with Crippen molar-refractivity contribution in [2.24, 2.45) is 5.73 Å². The monoisotopic (exact) mass is 467 g/mol. The number of urea groups is 1. The van der Waals surface area contributed by atoms with Crippen LogP contribution in [-0.2, 0) is 6.54 Å². The molecule has 1 aliphatic carbocycles. The second-order valence-corrected chi connectivity index (χ2v) is 9.49. The molecule has 2 amide bonds. The zero-order valence-electron chi connectivity index (χ0n) is 20.2. The minimum absolute atomic E-state index is 0.234. The predicted molar refractivity (Wildman–Crippen MR) is 134 cm³/mol. The Bertz CT molecular complexity index is 1010. The standard InChI is InChI=1S/C25H37N7O2/c1-3-30(21-10-6-20(26)7-11-21)17-19-4-8-22(9-5-19)32-14-12-23(29-25(32)34)28-24(33)31-15-13-27-18(2)16-31/h4-5,8-9,12,14,18,20-21,27H,3,6-7,10-11,13,15-17,26H2,1-2H3,(H,28,29,33,34)/t18-,20?,21?/m1/s1. The molecule has 2 heterocycles. The Kier molecular flexibility index (Phi) is 7.97. The Morgan fingerprint density at radius 3 is 2.59 bits per heavy atom. The van der Waals surface area contributed by atoms with Crippen molar-refractivity contribution in [1.82, 2.24) is 24.7 Å². The molecule has 1 saturated carbocycles. The van der Waals surface area contributed by atoms with Crippen molar-refractivity contribution < 1.29 is 4.79 Å². The van der Waals surface area contributed by atoms with Gasteiger partial charge in [-0.3, -0.25) is 14.8 Å². The Balaban J connectivity index is 1.38. The van der Waals surface area contributed by atoms with Gasteiger partial charge in [-0.15, -0.1) is 0 Å². The van der Waals surface area contributed by atoms with Gasteiger partial charge in [0.05, 0.1) is 5.69 Å². The molecule has 1 aromatic heterocycles. The largest absolute Gasteiger partial charge is 0.354 e. The fourth-order valence-corrected chi connectivity index (χ4v) is 4.94. The number of carbonyl (C=O) groups is 1. The highest BCUT2D eigenvalue weighted by Gasteiger charge is 2.23. The quantitative estimate of drug-likeness (QED) is 0.601. The number of carbonyl (C=O) groups excluding carboxylic acids is 1. The van der Waals surface area contributed by atoms with Gasteiger partial charge in [-0.1, -0.05) is 19.1 Å². The van der Waals surface area contributed by atoms with Crippen molar-refractivity contribution in [1.29, 1.82) is 0 Å². The highest BCUT2D eigenvalue weighted by molar-refractivity contribution is 5.88. The Morgan fingerprint density at radius 2 is 1.94 bits per heavy atom. The number of aromatic nitrogens is 2. The maximum absolute atomic E-state index is 12.7. The minimum atomic E-state index is -0.423. The van der Waals surface area contributed by atoms with E-state index in [0.717, 1.165) is 51.0 Å². The molecule has 0 unspecified atom stereocenters. The number of amides is 2. The van der Waals surface area contributed by atoms with Crippen LogP contribution in [0.4, 0.5) is 10.6 Å². The molecule has 1 aromatic carbocycles. The number of piperazine rings is 1. The van der Waals surface area contributed by atoms with Crippen molar-refractivity contribution in [3.8, 4) is 5.69 Å². The van der Waals surface area contributed by atoms with E-state index in [-0.39, 0.29) is 17.9 Å². The molecule has 1 aliphatic heterocycles. The van der Waals surface area contributed by atoms with Crippen molar-refractivity contribution in [3.63, 3.8) is 0 Å². The van der Waals surface area contributed by atoms with Gasteiger partial charge in [0.1, 0.15) is 5.82 Å². The highest BCUT2D eigenvalue weighted by Crippen LogP contribution is 2.23. The number of hydrogen-bond acceptors (Lipinski definition) is 6. The Labute approximate surface area is 201 Å². The van der Waals surface area contributed by atoms with E-state index in [2.05, 4.69) is 39.6 Å². The lowest BCUT2D eigenvalue weighted by molar-refractivity contribution is 0.149. The normalized spacial score (nSPS) is 23.2. The van der Waals surface area contributed by atoms with E-state index in [1.165, 1.54) is 10.1 Å². The summed E-state index contributed by atoms with van der Waals surface area (Å²) in [5, 5.41) is 6.05. The lowest BCUT2D eigenvalue weighted by atomic mass is 9.90. The summed E-state index contributed by atoms with van der Waals surface area (Å²) in [4.78, 5) is 33.5. The first-order valence-corrected chi connectivity index (χ1v) is 12.4. The van der Waals surface area contributed by atoms with E-state index in [4.69, 9.17) is 5.73 Å². The molecule has 2 aliphatic rings. The molecule has 9 nitrogen and oxygen atoms in total. The van der Waals surface area contributed by atoms with E-state index in [9.17, 15) is 9.59 Å². The molecule has 2 fully saturated rings. The van der Waals surface area contributed by atoms with Crippen LogP contribution in [0.15, 0.2) is 41.3 Å². The third-order valence-electron chi connectivity index (χ3n) is 6.96. The molecule has 0 bridgehead atoms. The summed E-state index contributed by atoms with van der Waals surface area (Å²) in [5.41, 5.74) is 7.62. The van der Waals surface area contributed by atoms with E-state index >= 15 is 0 Å². The third-order valence-corrected chi connectivity index (χ3v) is 6.96. The summed E-state index contributed by atoms with van der Waals surface area (Å²) < 4.78 is 1.49. The molecule has 0 spiro atoms. The molecule has 4 rings (SSSR count). The number of rotatable bonds is 6. The number of anilines is 1. The van der Waals surface area contributed by atoms with Crippen molar-refractivity contribution >= 4 is 11.8 Å². The molecule has 9 heteroatoms. The summed E-state index contributed by atoms with van der Waals surface area (Å²) in [5.74, 6) is 0.264. The molecular weight excluding hydrogens is 430 g/mol. The van der Waals surface area contributed by atoms with Gasteiger partial charge >= 0.3 is 11.7 Å². The fourth-order valence-electron chi connectivity index (χ4n) is 4.94. The molecule has 1 atom stereocenters. The maximum atomic E-state index is 12.7. The van der Waals surface area contributed by atoms with Crippen LogP contribution in [0, 0.1) is 0 Å². The van der Waals surface area contributed by atoms with Crippen LogP contribution < -0.4 is 22.1 Å². The Hall–Kier alpha value is -2.75. The van der Waals surface area contributed by atoms with Gasteiger partial charge in [-0.25, -0.2) is 9.59 Å². The molecule has 2 aromatic rings. The second-order valence-electron chi connectivity index (χ2n) is 9.49. The summed E-state index contributed by atoms with van der Waals surface area (Å²) in [6.07, 6.45) is 6.17. The lowest BCUT2D eigenvalue weighted by Gasteiger charge is -2.35. The maximum Gasteiger partial charge on any atom is 0.354 e. The van der Waals surface area contributed by atoms with Gasteiger partial charge in [-0.05, 0) is 62.9 Å². The van der Waals surface area contributed by atoms with Gasteiger partial charge in [0, 0.05) is 50.5 Å². The zero-order valence-corrected chi connectivity index (χ0v) is 20.2. The van der Waals surface area contributed by atoms with Gasteiger partial charge in [-0.2, -0.15) is 4.98 Å². The summed E-state index contributed by atoms with van der Waals surface area (Å²) >= 11 is 0. The van der Waals surface area contributed by atoms with Crippen LogP contribution in [-0.4, -0.2) is 69.7 Å². The van der Waals surface area contributed by atoms with E-state index in [0.29, 0.717) is 25.2 Å². The van der Waals surface area contributed by atoms with Crippen molar-refractivity contribution in [2.75, 3.05) is 31.5 Å². The first-order chi connectivity index (χ1) is 16.4. The molecule has 0 radical (unpaired) electrons. The number of hydrogen-bond donors (Lipinski definition) is 3. The summed E-state index contributed by atoms with van der Waals surface area (Å²) in [6.45, 7) is 8.14. The van der Waals surface area contributed by atoms with Gasteiger partial charge in [0.25, 0.3) is 0 Å². The van der Waals surface area contributed by atoms with Gasteiger partial charge in [0.15, 0.2) is 0 Å². The average Bonchev–Trinajstić information content (AvgIpc) is 2.84. The van der Waals surface area contributed by atoms with Crippen LogP contribution in [0.2, 0.25) is 0 Å². The molecule has 4 N–H and O–H groups in total. The SMILES string of the molecule is CCN(Cc1ccc(-n2ccc(NC(=O)N3CCN[C@H](C)C3)nc2=O)cc1)C1CCC(N)CC1. The van der Waals surface area contributed by atoms with Crippen molar-refractivity contribution in [3.05, 3.63) is 52.6 Å². The summed E-state index contributed by atoms with van der Waals surface area (Å²) in [7, 11) is 0. The zero-order chi connectivity index (χ0) is 24.1. The minimum Gasteiger partial charge on any atom is -0.328 e. The Morgan fingerprint density at radius 1 is 1.21 bits per heavy atom. The van der Waals surface area contributed by atoms with Gasteiger partial charge < -0.3 is 16.0 Å².